The zero-order valence-electron chi connectivity index (χ0n) is 13.2. The summed E-state index contributed by atoms with van der Waals surface area (Å²) >= 11 is 0. The highest BCUT2D eigenvalue weighted by atomic mass is 16.5. The van der Waals surface area contributed by atoms with Crippen molar-refractivity contribution in [3.8, 4) is 11.8 Å². The molecule has 0 saturated heterocycles. The lowest BCUT2D eigenvalue weighted by Gasteiger charge is -2.06. The molecule has 0 aliphatic rings. The summed E-state index contributed by atoms with van der Waals surface area (Å²) in [5.41, 5.74) is 3.68. The van der Waals surface area contributed by atoms with Crippen molar-refractivity contribution >= 4 is 11.6 Å². The number of hydrogen-bond acceptors (Lipinski definition) is 2. The van der Waals surface area contributed by atoms with Gasteiger partial charge in [0.2, 0.25) is 0 Å². The highest BCUT2D eigenvalue weighted by Gasteiger charge is 2.01. The predicted molar refractivity (Wildman–Crippen MR) is 97.1 cm³/mol. The quantitative estimate of drug-likeness (QED) is 0.471. The molecule has 0 saturated carbocycles. The first kappa shape index (κ1) is 15.6. The Morgan fingerprint density at radius 1 is 0.833 bits per heavy atom. The van der Waals surface area contributed by atoms with Gasteiger partial charge in [-0.25, -0.2) is 0 Å². The van der Waals surface area contributed by atoms with Crippen LogP contribution >= 0.6 is 0 Å². The molecule has 0 spiro atoms. The van der Waals surface area contributed by atoms with Gasteiger partial charge in [-0.15, -0.1) is 0 Å². The standard InChI is InChI=1S/C22H17NO/c23-16-21(20-9-5-2-6-10-20)15-18-11-13-22(14-12-18)24-17-19-7-3-1-4-8-19/h1-15H,17H2/b21-15-. The average Bonchev–Trinajstić information content (AvgIpc) is 2.67. The second-order valence-corrected chi connectivity index (χ2v) is 5.38. The largest absolute Gasteiger partial charge is 0.489 e. The van der Waals surface area contributed by atoms with Crippen LogP contribution in [-0.2, 0) is 6.61 Å². The van der Waals surface area contributed by atoms with Gasteiger partial charge in [0.05, 0.1) is 11.6 Å². The second kappa shape index (κ2) is 7.80. The Labute approximate surface area is 142 Å². The molecule has 0 aliphatic carbocycles. The first-order chi connectivity index (χ1) is 11.8. The Morgan fingerprint density at radius 3 is 2.08 bits per heavy atom. The highest BCUT2D eigenvalue weighted by Crippen LogP contribution is 2.20. The molecule has 0 aromatic heterocycles. The summed E-state index contributed by atoms with van der Waals surface area (Å²) in [4.78, 5) is 0. The van der Waals surface area contributed by atoms with Crippen LogP contribution in [0.15, 0.2) is 84.9 Å². The summed E-state index contributed by atoms with van der Waals surface area (Å²) in [7, 11) is 0. The third kappa shape index (κ3) is 4.12. The number of allylic oxidation sites excluding steroid dienone is 1. The van der Waals surface area contributed by atoms with Gasteiger partial charge < -0.3 is 4.74 Å². The van der Waals surface area contributed by atoms with Crippen LogP contribution in [-0.4, -0.2) is 0 Å². The van der Waals surface area contributed by atoms with Crippen LogP contribution in [0.4, 0.5) is 0 Å². The number of hydrogen-bond donors (Lipinski definition) is 0. The summed E-state index contributed by atoms with van der Waals surface area (Å²) in [6.07, 6.45) is 1.89. The van der Waals surface area contributed by atoms with E-state index < -0.39 is 0 Å². The monoisotopic (exact) mass is 311 g/mol. The van der Waals surface area contributed by atoms with E-state index >= 15 is 0 Å². The minimum absolute atomic E-state index is 0.545. The molecular formula is C22H17NO. The molecule has 2 nitrogen and oxygen atoms in total. The van der Waals surface area contributed by atoms with Gasteiger partial charge >= 0.3 is 0 Å². The van der Waals surface area contributed by atoms with Crippen molar-refractivity contribution in [3.63, 3.8) is 0 Å². The summed E-state index contributed by atoms with van der Waals surface area (Å²) in [6.45, 7) is 0.545. The molecule has 0 fully saturated rings. The number of benzene rings is 3. The summed E-state index contributed by atoms with van der Waals surface area (Å²) in [5, 5.41) is 9.36. The fraction of sp³-hybridized carbons (Fsp3) is 0.0455. The number of nitrogens with zero attached hydrogens (tertiary/aromatic N) is 1. The molecule has 0 bridgehead atoms. The molecule has 0 radical (unpaired) electrons. The van der Waals surface area contributed by atoms with Crippen LogP contribution in [0, 0.1) is 11.3 Å². The van der Waals surface area contributed by atoms with Crippen molar-refractivity contribution in [1.82, 2.24) is 0 Å². The van der Waals surface area contributed by atoms with Crippen LogP contribution < -0.4 is 4.74 Å². The average molecular weight is 311 g/mol. The maximum atomic E-state index is 9.36. The molecule has 0 atom stereocenters. The van der Waals surface area contributed by atoms with Gasteiger partial charge in [0, 0.05) is 0 Å². The molecule has 116 valence electrons. The van der Waals surface area contributed by atoms with E-state index in [0.717, 1.165) is 22.4 Å². The lowest BCUT2D eigenvalue weighted by Crippen LogP contribution is -1.94. The molecule has 2 heteroatoms. The Balaban J connectivity index is 1.70. The van der Waals surface area contributed by atoms with Crippen LogP contribution in [0.5, 0.6) is 5.75 Å². The molecule has 3 aromatic rings. The second-order valence-electron chi connectivity index (χ2n) is 5.38. The smallest absolute Gasteiger partial charge is 0.119 e. The third-order valence-corrected chi connectivity index (χ3v) is 3.64. The van der Waals surface area contributed by atoms with E-state index in [-0.39, 0.29) is 0 Å². The van der Waals surface area contributed by atoms with Gasteiger partial charge in [-0.2, -0.15) is 5.26 Å². The Hall–Kier alpha value is -3.31. The molecule has 3 rings (SSSR count). The first-order valence-electron chi connectivity index (χ1n) is 7.79. The van der Waals surface area contributed by atoms with Gasteiger partial charge in [0.25, 0.3) is 0 Å². The summed E-state index contributed by atoms with van der Waals surface area (Å²) in [5.74, 6) is 0.814. The van der Waals surface area contributed by atoms with Crippen molar-refractivity contribution in [2.24, 2.45) is 0 Å². The molecule has 0 N–H and O–H groups in total. The minimum atomic E-state index is 0.545. The Kier molecular flexibility index (Phi) is 5.07. The third-order valence-electron chi connectivity index (χ3n) is 3.64. The van der Waals surface area contributed by atoms with Gasteiger partial charge in [0.15, 0.2) is 0 Å². The fourth-order valence-electron chi connectivity index (χ4n) is 2.37. The topological polar surface area (TPSA) is 33.0 Å². The molecule has 3 aromatic carbocycles. The summed E-state index contributed by atoms with van der Waals surface area (Å²) < 4.78 is 5.78. The van der Waals surface area contributed by atoms with E-state index in [1.54, 1.807) is 0 Å². The maximum absolute atomic E-state index is 9.36. The van der Waals surface area contributed by atoms with Crippen LogP contribution in [0.3, 0.4) is 0 Å². The summed E-state index contributed by atoms with van der Waals surface area (Å²) in [6, 6.07) is 29.8. The van der Waals surface area contributed by atoms with E-state index in [9.17, 15) is 5.26 Å². The molecule has 0 heterocycles. The normalized spacial score (nSPS) is 10.9. The van der Waals surface area contributed by atoms with Crippen molar-refractivity contribution in [1.29, 1.82) is 5.26 Å². The minimum Gasteiger partial charge on any atom is -0.489 e. The van der Waals surface area contributed by atoms with E-state index in [0.29, 0.717) is 12.2 Å². The van der Waals surface area contributed by atoms with Gasteiger partial charge in [0.1, 0.15) is 12.4 Å². The van der Waals surface area contributed by atoms with Gasteiger partial charge in [-0.1, -0.05) is 72.8 Å². The number of nitriles is 1. The number of rotatable bonds is 5. The van der Waals surface area contributed by atoms with Crippen LogP contribution in [0.25, 0.3) is 11.6 Å². The number of ether oxygens (including phenoxy) is 1. The van der Waals surface area contributed by atoms with Gasteiger partial charge in [-0.05, 0) is 34.9 Å². The molecule has 0 unspecified atom stereocenters. The SMILES string of the molecule is N#C/C(=C/c1ccc(OCc2ccccc2)cc1)c1ccccc1. The van der Waals surface area contributed by atoms with Crippen molar-refractivity contribution < 1.29 is 4.74 Å². The van der Waals surface area contributed by atoms with Crippen LogP contribution in [0.1, 0.15) is 16.7 Å². The van der Waals surface area contributed by atoms with Gasteiger partial charge in [-0.3, -0.25) is 0 Å². The first-order valence-corrected chi connectivity index (χ1v) is 7.79. The lowest BCUT2D eigenvalue weighted by molar-refractivity contribution is 0.306. The van der Waals surface area contributed by atoms with Crippen molar-refractivity contribution in [2.45, 2.75) is 6.61 Å². The zero-order valence-corrected chi connectivity index (χ0v) is 13.2. The van der Waals surface area contributed by atoms with E-state index in [2.05, 4.69) is 6.07 Å². The predicted octanol–water partition coefficient (Wildman–Crippen LogP) is 5.33. The van der Waals surface area contributed by atoms with E-state index in [4.69, 9.17) is 4.74 Å². The Bertz CT molecular complexity index is 844. The molecule has 0 amide bonds. The van der Waals surface area contributed by atoms with Crippen molar-refractivity contribution in [3.05, 3.63) is 102 Å². The maximum Gasteiger partial charge on any atom is 0.119 e. The van der Waals surface area contributed by atoms with Crippen molar-refractivity contribution in [2.75, 3.05) is 0 Å². The van der Waals surface area contributed by atoms with E-state index in [1.807, 2.05) is 91.0 Å². The Morgan fingerprint density at radius 2 is 1.46 bits per heavy atom. The molecule has 24 heavy (non-hydrogen) atoms. The molecular weight excluding hydrogens is 294 g/mol. The van der Waals surface area contributed by atoms with Crippen LogP contribution in [0.2, 0.25) is 0 Å². The molecule has 0 aliphatic heterocycles. The fourth-order valence-corrected chi connectivity index (χ4v) is 2.37. The zero-order chi connectivity index (χ0) is 16.6. The van der Waals surface area contributed by atoms with E-state index in [1.165, 1.54) is 0 Å². The lowest BCUT2D eigenvalue weighted by atomic mass is 10.0. The highest BCUT2D eigenvalue weighted by molar-refractivity contribution is 5.89.